The summed E-state index contributed by atoms with van der Waals surface area (Å²) in [6.07, 6.45) is 5.55. The Bertz CT molecular complexity index is 820. The van der Waals surface area contributed by atoms with Crippen LogP contribution in [0.5, 0.6) is 0 Å². The molecule has 4 rings (SSSR count). The first-order valence-corrected chi connectivity index (χ1v) is 10.0. The number of para-hydroxylation sites is 1. The van der Waals surface area contributed by atoms with Gasteiger partial charge in [-0.3, -0.25) is 9.89 Å². The Morgan fingerprint density at radius 2 is 1.76 bits per heavy atom. The molecule has 0 amide bonds. The number of aryl methyl sites for hydroxylation is 1. The Labute approximate surface area is 181 Å². The SMILES string of the molecule is Br.NCC(CCN1CCN(c2ncc(F)cn2)CC1)C1=Nc2ccccc2CC1. The standard InChI is InChI=1S/C21H27FN6.BrH/c22-18-14-24-21(25-15-18)28-11-9-27(10-12-28)8-7-17(13-23)20-6-5-16-3-1-2-4-19(16)26-20;/h1-4,14-15,17H,5-13,23H2;1H. The van der Waals surface area contributed by atoms with Gasteiger partial charge in [0.25, 0.3) is 0 Å². The number of fused-ring (bicyclic) bond motifs is 1. The molecule has 2 aliphatic rings. The normalized spacial score (nSPS) is 17.9. The summed E-state index contributed by atoms with van der Waals surface area (Å²) >= 11 is 0. The molecule has 0 bridgehead atoms. The van der Waals surface area contributed by atoms with Crippen LogP contribution < -0.4 is 10.6 Å². The highest BCUT2D eigenvalue weighted by Gasteiger charge is 2.23. The van der Waals surface area contributed by atoms with Gasteiger partial charge in [-0.05, 0) is 37.4 Å². The van der Waals surface area contributed by atoms with E-state index in [1.54, 1.807) is 0 Å². The Morgan fingerprint density at radius 1 is 1.03 bits per heavy atom. The van der Waals surface area contributed by atoms with Gasteiger partial charge in [-0.2, -0.15) is 0 Å². The third-order valence-corrected chi connectivity index (χ3v) is 5.72. The van der Waals surface area contributed by atoms with E-state index in [9.17, 15) is 4.39 Å². The molecule has 2 aliphatic heterocycles. The highest BCUT2D eigenvalue weighted by atomic mass is 79.9. The number of rotatable bonds is 6. The second-order valence-corrected chi connectivity index (χ2v) is 7.48. The van der Waals surface area contributed by atoms with Gasteiger partial charge >= 0.3 is 0 Å². The number of aliphatic imine (C=N–C) groups is 1. The smallest absolute Gasteiger partial charge is 0.225 e. The van der Waals surface area contributed by atoms with Gasteiger partial charge in [0.1, 0.15) is 0 Å². The molecule has 2 aromatic rings. The van der Waals surface area contributed by atoms with E-state index >= 15 is 0 Å². The van der Waals surface area contributed by atoms with E-state index in [0.29, 0.717) is 18.4 Å². The summed E-state index contributed by atoms with van der Waals surface area (Å²) in [6, 6.07) is 8.39. The van der Waals surface area contributed by atoms with Crippen LogP contribution in [-0.2, 0) is 6.42 Å². The Morgan fingerprint density at radius 3 is 2.48 bits per heavy atom. The molecule has 0 aliphatic carbocycles. The first-order valence-electron chi connectivity index (χ1n) is 10.0. The van der Waals surface area contributed by atoms with Gasteiger partial charge in [-0.15, -0.1) is 17.0 Å². The maximum atomic E-state index is 13.0. The van der Waals surface area contributed by atoms with Gasteiger partial charge in [0.2, 0.25) is 5.95 Å². The van der Waals surface area contributed by atoms with E-state index in [1.807, 2.05) is 6.07 Å². The molecule has 6 nitrogen and oxygen atoms in total. The quantitative estimate of drug-likeness (QED) is 0.714. The first-order chi connectivity index (χ1) is 13.7. The van der Waals surface area contributed by atoms with Crippen LogP contribution in [0.15, 0.2) is 41.7 Å². The van der Waals surface area contributed by atoms with Crippen molar-refractivity contribution in [3.8, 4) is 0 Å². The van der Waals surface area contributed by atoms with Crippen molar-refractivity contribution in [3.05, 3.63) is 48.0 Å². The number of halogens is 2. The number of aromatic nitrogens is 2. The second-order valence-electron chi connectivity index (χ2n) is 7.48. The van der Waals surface area contributed by atoms with Crippen molar-refractivity contribution in [1.82, 2.24) is 14.9 Å². The van der Waals surface area contributed by atoms with Crippen molar-refractivity contribution in [3.63, 3.8) is 0 Å². The molecule has 1 unspecified atom stereocenters. The number of nitrogens with zero attached hydrogens (tertiary/aromatic N) is 5. The number of anilines is 1. The molecule has 0 radical (unpaired) electrons. The number of piperazine rings is 1. The van der Waals surface area contributed by atoms with Gasteiger partial charge in [0.15, 0.2) is 5.82 Å². The van der Waals surface area contributed by atoms with Gasteiger partial charge < -0.3 is 10.6 Å². The Kier molecular flexibility index (Phi) is 7.69. The number of hydrogen-bond acceptors (Lipinski definition) is 6. The Hall–Kier alpha value is -1.90. The zero-order valence-electron chi connectivity index (χ0n) is 16.5. The molecule has 1 aromatic carbocycles. The van der Waals surface area contributed by atoms with Crippen molar-refractivity contribution in [2.75, 3.05) is 44.2 Å². The second kappa shape index (κ2) is 10.2. The molecule has 3 heterocycles. The number of hydrogen-bond donors (Lipinski definition) is 1. The lowest BCUT2D eigenvalue weighted by Crippen LogP contribution is -2.47. The van der Waals surface area contributed by atoms with Crippen LogP contribution in [0.2, 0.25) is 0 Å². The van der Waals surface area contributed by atoms with Gasteiger partial charge in [0, 0.05) is 44.4 Å². The summed E-state index contributed by atoms with van der Waals surface area (Å²) in [5.41, 5.74) is 9.79. The van der Waals surface area contributed by atoms with Crippen LogP contribution in [0.4, 0.5) is 16.0 Å². The average molecular weight is 463 g/mol. The largest absolute Gasteiger partial charge is 0.338 e. The predicted molar refractivity (Wildman–Crippen MR) is 120 cm³/mol. The minimum atomic E-state index is -0.400. The van der Waals surface area contributed by atoms with Crippen molar-refractivity contribution >= 4 is 34.3 Å². The molecule has 1 fully saturated rings. The fraction of sp³-hybridized carbons (Fsp3) is 0.476. The highest BCUT2D eigenvalue weighted by molar-refractivity contribution is 8.93. The first kappa shape index (κ1) is 21.8. The summed E-state index contributed by atoms with van der Waals surface area (Å²) in [5, 5.41) is 0. The average Bonchev–Trinajstić information content (AvgIpc) is 2.75. The van der Waals surface area contributed by atoms with Crippen LogP contribution in [0, 0.1) is 11.7 Å². The van der Waals surface area contributed by atoms with Gasteiger partial charge in [-0.25, -0.2) is 14.4 Å². The van der Waals surface area contributed by atoms with E-state index in [0.717, 1.165) is 57.7 Å². The monoisotopic (exact) mass is 462 g/mol. The molecule has 0 saturated carbocycles. The molecule has 1 atom stereocenters. The van der Waals surface area contributed by atoms with E-state index < -0.39 is 5.82 Å². The van der Waals surface area contributed by atoms with E-state index in [1.165, 1.54) is 23.7 Å². The molecule has 2 N–H and O–H groups in total. The lowest BCUT2D eigenvalue weighted by atomic mass is 9.91. The van der Waals surface area contributed by atoms with Crippen LogP contribution in [0.1, 0.15) is 18.4 Å². The zero-order chi connectivity index (χ0) is 19.3. The molecule has 8 heteroatoms. The van der Waals surface area contributed by atoms with E-state index in [4.69, 9.17) is 10.7 Å². The number of benzene rings is 1. The van der Waals surface area contributed by atoms with E-state index in [-0.39, 0.29) is 17.0 Å². The summed E-state index contributed by atoms with van der Waals surface area (Å²) < 4.78 is 13.0. The van der Waals surface area contributed by atoms with Crippen molar-refractivity contribution < 1.29 is 4.39 Å². The topological polar surface area (TPSA) is 70.6 Å². The predicted octanol–water partition coefficient (Wildman–Crippen LogP) is 3.00. The van der Waals surface area contributed by atoms with Crippen LogP contribution in [0.3, 0.4) is 0 Å². The lowest BCUT2D eigenvalue weighted by molar-refractivity contribution is 0.246. The van der Waals surface area contributed by atoms with E-state index in [2.05, 4.69) is 38.0 Å². The summed E-state index contributed by atoms with van der Waals surface area (Å²) in [7, 11) is 0. The third-order valence-electron chi connectivity index (χ3n) is 5.72. The maximum Gasteiger partial charge on any atom is 0.225 e. The third kappa shape index (κ3) is 5.38. The van der Waals surface area contributed by atoms with Crippen molar-refractivity contribution in [1.29, 1.82) is 0 Å². The van der Waals surface area contributed by atoms with Crippen molar-refractivity contribution in [2.45, 2.75) is 19.3 Å². The molecule has 1 saturated heterocycles. The highest BCUT2D eigenvalue weighted by Crippen LogP contribution is 2.28. The molecular formula is C21H28BrFN6. The minimum Gasteiger partial charge on any atom is -0.338 e. The molecule has 156 valence electrons. The van der Waals surface area contributed by atoms with Crippen LogP contribution in [0.25, 0.3) is 0 Å². The maximum absolute atomic E-state index is 13.0. The number of nitrogens with two attached hydrogens (primary N) is 1. The molecular weight excluding hydrogens is 435 g/mol. The summed E-state index contributed by atoms with van der Waals surface area (Å²) in [4.78, 5) is 17.6. The minimum absolute atomic E-state index is 0. The van der Waals surface area contributed by atoms with Crippen molar-refractivity contribution in [2.24, 2.45) is 16.6 Å². The lowest BCUT2D eigenvalue weighted by Gasteiger charge is -2.35. The van der Waals surface area contributed by atoms with Crippen LogP contribution >= 0.6 is 17.0 Å². The summed E-state index contributed by atoms with van der Waals surface area (Å²) in [6.45, 7) is 5.27. The summed E-state index contributed by atoms with van der Waals surface area (Å²) in [5.74, 6) is 0.548. The molecule has 1 aromatic heterocycles. The van der Waals surface area contributed by atoms with Crippen LogP contribution in [-0.4, -0.2) is 59.8 Å². The zero-order valence-corrected chi connectivity index (χ0v) is 18.2. The molecule has 0 spiro atoms. The molecule has 29 heavy (non-hydrogen) atoms. The van der Waals surface area contributed by atoms with Gasteiger partial charge in [-0.1, -0.05) is 18.2 Å². The fourth-order valence-electron chi connectivity index (χ4n) is 4.00. The Balaban J connectivity index is 0.00000240. The van der Waals surface area contributed by atoms with Gasteiger partial charge in [0.05, 0.1) is 18.1 Å². The fourth-order valence-corrected chi connectivity index (χ4v) is 4.00.